The van der Waals surface area contributed by atoms with Crippen molar-refractivity contribution in [3.05, 3.63) is 23.8 Å². The van der Waals surface area contributed by atoms with Gasteiger partial charge in [0.15, 0.2) is 18.2 Å². The van der Waals surface area contributed by atoms with Gasteiger partial charge in [-0.3, -0.25) is 4.79 Å². The summed E-state index contributed by atoms with van der Waals surface area (Å²) in [5, 5.41) is 0. The molecule has 0 aliphatic carbocycles. The van der Waals surface area contributed by atoms with Gasteiger partial charge in [0.2, 0.25) is 0 Å². The van der Waals surface area contributed by atoms with Crippen LogP contribution in [0.25, 0.3) is 0 Å². The summed E-state index contributed by atoms with van der Waals surface area (Å²) in [5.41, 5.74) is 0.124. The summed E-state index contributed by atoms with van der Waals surface area (Å²) in [4.78, 5) is 12.3. The number of carbonyl (C=O) groups excluding carboxylic acids is 1. The lowest BCUT2D eigenvalue weighted by molar-refractivity contribution is -0.121. The van der Waals surface area contributed by atoms with Gasteiger partial charge in [0.25, 0.3) is 5.91 Å². The molecule has 0 aromatic heterocycles. The van der Waals surface area contributed by atoms with Crippen LogP contribution in [0.3, 0.4) is 0 Å². The Morgan fingerprint density at radius 3 is 2.86 bits per heavy atom. The van der Waals surface area contributed by atoms with Crippen molar-refractivity contribution in [2.75, 3.05) is 18.6 Å². The number of fused-ring (bicyclic) bond motifs is 1. The van der Waals surface area contributed by atoms with Crippen molar-refractivity contribution < 1.29 is 18.3 Å². The number of ether oxygens (including phenoxy) is 1. The van der Waals surface area contributed by atoms with Gasteiger partial charge >= 0.3 is 0 Å². The van der Waals surface area contributed by atoms with E-state index in [2.05, 4.69) is 0 Å². The molecule has 1 heterocycles. The van der Waals surface area contributed by atoms with Crippen LogP contribution in [0.2, 0.25) is 0 Å². The maximum atomic E-state index is 13.1. The van der Waals surface area contributed by atoms with Crippen molar-refractivity contribution in [2.45, 2.75) is 0 Å². The van der Waals surface area contributed by atoms with Crippen LogP contribution in [-0.2, 0) is 4.79 Å². The fourth-order valence-electron chi connectivity index (χ4n) is 1.30. The van der Waals surface area contributed by atoms with Crippen LogP contribution in [0.1, 0.15) is 0 Å². The highest BCUT2D eigenvalue weighted by Gasteiger charge is 2.25. The topological polar surface area (TPSA) is 29.5 Å². The van der Waals surface area contributed by atoms with Crippen molar-refractivity contribution in [2.24, 2.45) is 0 Å². The summed E-state index contributed by atoms with van der Waals surface area (Å²) < 4.78 is 30.8. The lowest BCUT2D eigenvalue weighted by Crippen LogP contribution is -2.35. The summed E-state index contributed by atoms with van der Waals surface area (Å²) in [5.74, 6) is -1.93. The summed E-state index contributed by atoms with van der Waals surface area (Å²) in [6.45, 7) is -0.216. The van der Waals surface area contributed by atoms with Crippen LogP contribution in [-0.4, -0.2) is 19.6 Å². The summed E-state index contributed by atoms with van der Waals surface area (Å²) >= 11 is 0. The van der Waals surface area contributed by atoms with E-state index in [0.717, 1.165) is 12.1 Å². The molecule has 14 heavy (non-hydrogen) atoms. The average Bonchev–Trinajstić information content (AvgIpc) is 2.12. The Morgan fingerprint density at radius 1 is 1.43 bits per heavy atom. The van der Waals surface area contributed by atoms with Gasteiger partial charge in [-0.05, 0) is 0 Å². The Balaban J connectivity index is 2.59. The first kappa shape index (κ1) is 8.93. The van der Waals surface area contributed by atoms with Gasteiger partial charge in [0, 0.05) is 19.2 Å². The zero-order valence-corrected chi connectivity index (χ0v) is 7.38. The van der Waals surface area contributed by atoms with Crippen LogP contribution >= 0.6 is 0 Å². The number of halogens is 2. The maximum Gasteiger partial charge on any atom is 0.264 e. The monoisotopic (exact) mass is 199 g/mol. The molecule has 1 aliphatic rings. The maximum absolute atomic E-state index is 13.1. The van der Waals surface area contributed by atoms with Gasteiger partial charge in [0.05, 0.1) is 5.69 Å². The fraction of sp³-hybridized carbons (Fsp3) is 0.222. The van der Waals surface area contributed by atoms with E-state index in [1.165, 1.54) is 11.9 Å². The molecule has 0 saturated carbocycles. The molecule has 2 rings (SSSR count). The number of benzene rings is 1. The van der Waals surface area contributed by atoms with Crippen LogP contribution in [0.4, 0.5) is 14.5 Å². The van der Waals surface area contributed by atoms with E-state index >= 15 is 0 Å². The molecule has 1 aliphatic heterocycles. The van der Waals surface area contributed by atoms with Crippen LogP contribution < -0.4 is 9.64 Å². The second kappa shape index (κ2) is 2.94. The van der Waals surface area contributed by atoms with E-state index in [0.29, 0.717) is 0 Å². The Hall–Kier alpha value is -1.65. The number of amides is 1. The van der Waals surface area contributed by atoms with Gasteiger partial charge in [0.1, 0.15) is 5.82 Å². The summed E-state index contributed by atoms with van der Waals surface area (Å²) in [6, 6.07) is 1.79. The zero-order chi connectivity index (χ0) is 10.3. The summed E-state index contributed by atoms with van der Waals surface area (Å²) in [7, 11) is 1.45. The van der Waals surface area contributed by atoms with E-state index < -0.39 is 11.6 Å². The Labute approximate surface area is 78.9 Å². The number of hydrogen-bond acceptors (Lipinski definition) is 2. The first-order valence-corrected chi connectivity index (χ1v) is 3.98. The molecule has 3 nitrogen and oxygen atoms in total. The highest BCUT2D eigenvalue weighted by atomic mass is 19.1. The second-order valence-electron chi connectivity index (χ2n) is 2.98. The third-order valence-electron chi connectivity index (χ3n) is 2.06. The van der Waals surface area contributed by atoms with E-state index in [9.17, 15) is 13.6 Å². The standard InChI is InChI=1S/C9H7F2NO2/c1-12-7-3-5(10)2-6(11)9(7)14-4-8(12)13/h2-3H,4H2,1H3. The van der Waals surface area contributed by atoms with E-state index in [4.69, 9.17) is 4.74 Å². The van der Waals surface area contributed by atoms with E-state index in [1.807, 2.05) is 0 Å². The molecule has 0 N–H and O–H groups in total. The Kier molecular flexibility index (Phi) is 1.87. The largest absolute Gasteiger partial charge is 0.478 e. The third-order valence-corrected chi connectivity index (χ3v) is 2.06. The molecule has 5 heteroatoms. The predicted octanol–water partition coefficient (Wildman–Crippen LogP) is 1.32. The van der Waals surface area contributed by atoms with Crippen LogP contribution in [0, 0.1) is 11.6 Å². The van der Waals surface area contributed by atoms with Crippen molar-refractivity contribution >= 4 is 11.6 Å². The third kappa shape index (κ3) is 1.21. The lowest BCUT2D eigenvalue weighted by Gasteiger charge is -2.25. The first-order valence-electron chi connectivity index (χ1n) is 3.98. The molecule has 1 aromatic carbocycles. The number of rotatable bonds is 0. The molecule has 0 unspecified atom stereocenters. The number of anilines is 1. The average molecular weight is 199 g/mol. The Bertz CT molecular complexity index is 406. The lowest BCUT2D eigenvalue weighted by atomic mass is 10.2. The van der Waals surface area contributed by atoms with Gasteiger partial charge in [-0.25, -0.2) is 8.78 Å². The van der Waals surface area contributed by atoms with Gasteiger partial charge in [-0.2, -0.15) is 0 Å². The molecule has 0 fully saturated rings. The number of nitrogens with zero attached hydrogens (tertiary/aromatic N) is 1. The van der Waals surface area contributed by atoms with Crippen molar-refractivity contribution in [3.63, 3.8) is 0 Å². The van der Waals surface area contributed by atoms with E-state index in [-0.39, 0.29) is 24.0 Å². The molecule has 74 valence electrons. The molecular weight excluding hydrogens is 192 g/mol. The molecule has 0 spiro atoms. The number of carbonyl (C=O) groups is 1. The first-order chi connectivity index (χ1) is 6.59. The molecule has 0 radical (unpaired) electrons. The fourth-order valence-corrected chi connectivity index (χ4v) is 1.30. The second-order valence-corrected chi connectivity index (χ2v) is 2.98. The van der Waals surface area contributed by atoms with Crippen molar-refractivity contribution in [1.29, 1.82) is 0 Å². The van der Waals surface area contributed by atoms with Gasteiger partial charge in [-0.15, -0.1) is 0 Å². The zero-order valence-electron chi connectivity index (χ0n) is 7.38. The smallest absolute Gasteiger partial charge is 0.264 e. The molecule has 0 atom stereocenters. The highest BCUT2D eigenvalue weighted by molar-refractivity contribution is 5.97. The predicted molar refractivity (Wildman–Crippen MR) is 45.3 cm³/mol. The SMILES string of the molecule is CN1C(=O)COc2c(F)cc(F)cc21. The molecule has 1 aromatic rings. The van der Waals surface area contributed by atoms with Crippen LogP contribution in [0.15, 0.2) is 12.1 Å². The molecule has 1 amide bonds. The normalized spacial score (nSPS) is 15.1. The molecule has 0 bridgehead atoms. The van der Waals surface area contributed by atoms with Crippen molar-refractivity contribution in [1.82, 2.24) is 0 Å². The quantitative estimate of drug-likeness (QED) is 0.630. The minimum Gasteiger partial charge on any atom is -0.478 e. The highest BCUT2D eigenvalue weighted by Crippen LogP contribution is 2.34. The van der Waals surface area contributed by atoms with E-state index in [1.54, 1.807) is 0 Å². The molecular formula is C9H7F2NO2. The minimum absolute atomic E-state index is 0.0755. The van der Waals surface area contributed by atoms with Crippen LogP contribution in [0.5, 0.6) is 5.75 Å². The van der Waals surface area contributed by atoms with Crippen molar-refractivity contribution in [3.8, 4) is 5.75 Å². The minimum atomic E-state index is -0.792. The van der Waals surface area contributed by atoms with Gasteiger partial charge < -0.3 is 9.64 Å². The molecule has 0 saturated heterocycles. The number of likely N-dealkylation sites (N-methyl/N-ethyl adjacent to an activating group) is 1. The number of hydrogen-bond donors (Lipinski definition) is 0. The summed E-state index contributed by atoms with van der Waals surface area (Å²) in [6.07, 6.45) is 0. The van der Waals surface area contributed by atoms with Gasteiger partial charge in [-0.1, -0.05) is 0 Å². The Morgan fingerprint density at radius 2 is 2.14 bits per heavy atom.